The van der Waals surface area contributed by atoms with Crippen molar-refractivity contribution in [3.05, 3.63) is 62.8 Å². The summed E-state index contributed by atoms with van der Waals surface area (Å²) in [5.41, 5.74) is 3.87. The molecule has 0 saturated heterocycles. The van der Waals surface area contributed by atoms with Gasteiger partial charge in [-0.25, -0.2) is 0 Å². The molecule has 2 atom stereocenters. The van der Waals surface area contributed by atoms with Crippen molar-refractivity contribution in [3.63, 3.8) is 0 Å². The zero-order valence-electron chi connectivity index (χ0n) is 24.6. The molecule has 1 aromatic carbocycles. The van der Waals surface area contributed by atoms with E-state index < -0.39 is 0 Å². The van der Waals surface area contributed by atoms with E-state index in [4.69, 9.17) is 16.3 Å². The maximum absolute atomic E-state index is 13.0. The molecule has 2 heterocycles. The van der Waals surface area contributed by atoms with Gasteiger partial charge in [-0.05, 0) is 80.2 Å². The van der Waals surface area contributed by atoms with Crippen molar-refractivity contribution in [1.82, 2.24) is 14.8 Å². The summed E-state index contributed by atoms with van der Waals surface area (Å²) in [6.45, 7) is 17.0. The quantitative estimate of drug-likeness (QED) is 0.174. The first-order valence-corrected chi connectivity index (χ1v) is 16.1. The van der Waals surface area contributed by atoms with Crippen LogP contribution < -0.4 is 10.1 Å². The summed E-state index contributed by atoms with van der Waals surface area (Å²) in [5.74, 6) is 1.88. The van der Waals surface area contributed by atoms with E-state index >= 15 is 0 Å². The topological polar surface area (TPSA) is 92.8 Å². The van der Waals surface area contributed by atoms with E-state index in [1.165, 1.54) is 16.6 Å². The second-order valence-corrected chi connectivity index (χ2v) is 13.7. The zero-order valence-corrected chi connectivity index (χ0v) is 27.0. The van der Waals surface area contributed by atoms with Gasteiger partial charge in [-0.3, -0.25) is 9.36 Å². The lowest BCUT2D eigenvalue weighted by molar-refractivity contribution is -0.113. The Labute approximate surface area is 256 Å². The number of ether oxygens (including phenoxy) is 1. The van der Waals surface area contributed by atoms with Gasteiger partial charge in [0.15, 0.2) is 17.1 Å². The summed E-state index contributed by atoms with van der Waals surface area (Å²) in [5, 5.41) is 23.6. The Bertz CT molecular complexity index is 1460. The summed E-state index contributed by atoms with van der Waals surface area (Å²) in [7, 11) is 0. The third-order valence-corrected chi connectivity index (χ3v) is 10.9. The van der Waals surface area contributed by atoms with Gasteiger partial charge in [-0.2, -0.15) is 5.26 Å². The summed E-state index contributed by atoms with van der Waals surface area (Å²) in [4.78, 5) is 14.3. The van der Waals surface area contributed by atoms with Crippen LogP contribution >= 0.6 is 34.7 Å². The van der Waals surface area contributed by atoms with E-state index in [2.05, 4.69) is 48.9 Å². The molecule has 0 fully saturated rings. The number of thiophene rings is 1. The first-order chi connectivity index (χ1) is 19.5. The van der Waals surface area contributed by atoms with Gasteiger partial charge in [0.1, 0.15) is 16.8 Å². The monoisotopic (exact) mass is 611 g/mol. The third-order valence-electron chi connectivity index (χ3n) is 8.12. The molecule has 4 rings (SSSR count). The number of nitrogens with one attached hydrogen (secondary N) is 1. The lowest BCUT2D eigenvalue weighted by atomic mass is 9.69. The normalized spacial score (nSPS) is 15.6. The lowest BCUT2D eigenvalue weighted by Crippen LogP contribution is -2.28. The molecule has 2 aromatic heterocycles. The average molecular weight is 612 g/mol. The highest BCUT2D eigenvalue weighted by Gasteiger charge is 2.34. The van der Waals surface area contributed by atoms with Gasteiger partial charge in [0, 0.05) is 16.4 Å². The number of aromatic nitrogens is 3. The minimum absolute atomic E-state index is 0.138. The third kappa shape index (κ3) is 6.82. The van der Waals surface area contributed by atoms with Crippen LogP contribution in [-0.2, 0) is 24.2 Å². The number of anilines is 1. The van der Waals surface area contributed by atoms with Gasteiger partial charge in [0.2, 0.25) is 5.91 Å². The van der Waals surface area contributed by atoms with Crippen molar-refractivity contribution < 1.29 is 9.53 Å². The maximum atomic E-state index is 13.0. The van der Waals surface area contributed by atoms with Crippen LogP contribution in [0.25, 0.3) is 0 Å². The number of aryl methyl sites for hydroxylation is 2. The Morgan fingerprint density at radius 1 is 1.39 bits per heavy atom. The van der Waals surface area contributed by atoms with E-state index in [0.717, 1.165) is 47.4 Å². The number of benzene rings is 1. The number of hydrogen-bond acceptors (Lipinski definition) is 7. The molecule has 218 valence electrons. The van der Waals surface area contributed by atoms with Crippen LogP contribution in [0, 0.1) is 36.5 Å². The molecule has 10 heteroatoms. The highest BCUT2D eigenvalue weighted by atomic mass is 35.5. The largest absolute Gasteiger partial charge is 0.483 e. The van der Waals surface area contributed by atoms with Crippen molar-refractivity contribution in [2.45, 2.75) is 85.0 Å². The number of amides is 1. The van der Waals surface area contributed by atoms with Crippen LogP contribution in [-0.4, -0.2) is 26.4 Å². The van der Waals surface area contributed by atoms with Crippen LogP contribution in [0.5, 0.6) is 5.75 Å². The maximum Gasteiger partial charge on any atom is 0.235 e. The van der Waals surface area contributed by atoms with Gasteiger partial charge in [0.25, 0.3) is 0 Å². The highest BCUT2D eigenvalue weighted by molar-refractivity contribution is 7.99. The molecule has 1 aliphatic carbocycles. The molecule has 0 spiro atoms. The van der Waals surface area contributed by atoms with Gasteiger partial charge >= 0.3 is 0 Å². The minimum Gasteiger partial charge on any atom is -0.483 e. The Kier molecular flexibility index (Phi) is 9.89. The molecule has 0 saturated carbocycles. The Morgan fingerprint density at radius 2 is 2.10 bits per heavy atom. The summed E-state index contributed by atoms with van der Waals surface area (Å²) >= 11 is 9.17. The van der Waals surface area contributed by atoms with Crippen molar-refractivity contribution >= 4 is 45.6 Å². The highest BCUT2D eigenvalue weighted by Crippen LogP contribution is 2.45. The number of nitriles is 1. The van der Waals surface area contributed by atoms with Crippen LogP contribution in [0.3, 0.4) is 0 Å². The molecule has 3 aromatic rings. The predicted molar refractivity (Wildman–Crippen MR) is 168 cm³/mol. The Hall–Kier alpha value is -2.80. The van der Waals surface area contributed by atoms with Crippen LogP contribution in [0.4, 0.5) is 5.00 Å². The van der Waals surface area contributed by atoms with Gasteiger partial charge in [-0.15, -0.1) is 28.1 Å². The molecule has 7 nitrogen and oxygen atoms in total. The van der Waals surface area contributed by atoms with Crippen molar-refractivity contribution in [1.29, 1.82) is 5.26 Å². The second kappa shape index (κ2) is 13.0. The molecule has 0 aliphatic heterocycles. The molecule has 1 amide bonds. The first kappa shape index (κ1) is 31.1. The molecule has 1 aliphatic rings. The molecular weight excluding hydrogens is 574 g/mol. The molecular formula is C31H38ClN5O2S2. The number of thioether (sulfide) groups is 1. The van der Waals surface area contributed by atoms with Crippen LogP contribution in [0.1, 0.15) is 79.6 Å². The van der Waals surface area contributed by atoms with E-state index in [1.54, 1.807) is 17.4 Å². The van der Waals surface area contributed by atoms with E-state index in [1.807, 2.05) is 37.5 Å². The summed E-state index contributed by atoms with van der Waals surface area (Å²) in [6, 6.07) is 6.16. The molecule has 1 N–H and O–H groups in total. The predicted octanol–water partition coefficient (Wildman–Crippen LogP) is 8.08. The van der Waals surface area contributed by atoms with Crippen LogP contribution in [0.15, 0.2) is 29.9 Å². The SMILES string of the molecule is C=CCn1c(SCC(=O)Nc2sc3c(c2C#N)CCC(C(C)(C)CC)C3)nnc1C(C)Oc1cc(C)c(Cl)c(C)c1. The number of rotatable bonds is 11. The van der Waals surface area contributed by atoms with Gasteiger partial charge in [0.05, 0.1) is 11.3 Å². The van der Waals surface area contributed by atoms with Crippen molar-refractivity contribution in [2.75, 3.05) is 11.1 Å². The number of hydrogen-bond donors (Lipinski definition) is 1. The number of fused-ring (bicyclic) bond motifs is 1. The number of nitrogens with zero attached hydrogens (tertiary/aromatic N) is 4. The lowest BCUT2D eigenvalue weighted by Gasteiger charge is -2.36. The fourth-order valence-corrected chi connectivity index (χ4v) is 7.44. The van der Waals surface area contributed by atoms with E-state index in [0.29, 0.717) is 39.8 Å². The molecule has 41 heavy (non-hydrogen) atoms. The number of carbonyl (C=O) groups excluding carboxylic acids is 1. The minimum atomic E-state index is -0.386. The second-order valence-electron chi connectivity index (χ2n) is 11.3. The molecule has 0 radical (unpaired) electrons. The summed E-state index contributed by atoms with van der Waals surface area (Å²) in [6.07, 6.45) is 5.42. The first-order valence-electron chi connectivity index (χ1n) is 13.9. The molecule has 2 unspecified atom stereocenters. The van der Waals surface area contributed by atoms with Crippen LogP contribution in [0.2, 0.25) is 5.02 Å². The Balaban J connectivity index is 1.44. The van der Waals surface area contributed by atoms with Gasteiger partial charge < -0.3 is 10.1 Å². The fraction of sp³-hybridized carbons (Fsp3) is 0.484. The standard InChI is InChI=1S/C31H38ClN5O2S2/c1-8-12-37-28(20(5)39-22-13-18(3)27(32)19(4)14-22)35-36-30(37)40-17-26(38)34-29-24(16-33)23-11-10-21(15-25(23)41-29)31(6,7)9-2/h8,13-14,20-21H,1,9-12,15,17H2,2-7H3,(H,34,38). The Morgan fingerprint density at radius 3 is 2.73 bits per heavy atom. The smallest absolute Gasteiger partial charge is 0.235 e. The van der Waals surface area contributed by atoms with E-state index in [9.17, 15) is 10.1 Å². The zero-order chi connectivity index (χ0) is 29.9. The van der Waals surface area contributed by atoms with Crippen molar-refractivity contribution in [3.8, 4) is 11.8 Å². The average Bonchev–Trinajstić information content (AvgIpc) is 3.50. The summed E-state index contributed by atoms with van der Waals surface area (Å²) < 4.78 is 8.10. The molecule has 0 bridgehead atoms. The number of carbonyl (C=O) groups is 1. The van der Waals surface area contributed by atoms with Crippen molar-refractivity contribution in [2.24, 2.45) is 11.3 Å². The number of allylic oxidation sites excluding steroid dienone is 1. The van der Waals surface area contributed by atoms with E-state index in [-0.39, 0.29) is 23.2 Å². The van der Waals surface area contributed by atoms with Gasteiger partial charge in [-0.1, -0.05) is 56.6 Å². The number of halogens is 1. The fourth-order valence-electron chi connectivity index (χ4n) is 5.28.